The summed E-state index contributed by atoms with van der Waals surface area (Å²) in [6, 6.07) is 2.38. The molecule has 0 aromatic rings. The van der Waals surface area contributed by atoms with Gasteiger partial charge in [-0.2, -0.15) is 0 Å². The molecule has 2 saturated heterocycles. The number of rotatable bonds is 5. The van der Waals surface area contributed by atoms with Crippen LogP contribution in [0.3, 0.4) is 0 Å². The van der Waals surface area contributed by atoms with Crippen LogP contribution < -0.4 is 5.32 Å². The lowest BCUT2D eigenvalue weighted by molar-refractivity contribution is 0.199. The van der Waals surface area contributed by atoms with Crippen molar-refractivity contribution in [3.8, 4) is 0 Å². The molecule has 2 atom stereocenters. The highest BCUT2D eigenvalue weighted by Crippen LogP contribution is 2.22. The Bertz CT molecular complexity index is 282. The number of likely N-dealkylation sites (tertiary alicyclic amines) is 2. The van der Waals surface area contributed by atoms with Gasteiger partial charge in [0.15, 0.2) is 0 Å². The molecule has 2 heterocycles. The second kappa shape index (κ2) is 7.24. The molecule has 0 amide bonds. The van der Waals surface area contributed by atoms with Gasteiger partial charge >= 0.3 is 0 Å². The standard InChI is InChI=1S/C17H33N3/c1-15(13-18-16-7-3-2-4-8-16)20-12-9-17(14-20)19-10-5-6-11-19/h15-18H,2-14H2,1H3. The lowest BCUT2D eigenvalue weighted by Gasteiger charge is -2.30. The van der Waals surface area contributed by atoms with Crippen LogP contribution in [0.2, 0.25) is 0 Å². The molecule has 3 rings (SSSR count). The van der Waals surface area contributed by atoms with E-state index >= 15 is 0 Å². The maximum absolute atomic E-state index is 3.83. The molecule has 0 bridgehead atoms. The van der Waals surface area contributed by atoms with Gasteiger partial charge in [-0.3, -0.25) is 9.80 Å². The van der Waals surface area contributed by atoms with Gasteiger partial charge in [0.05, 0.1) is 0 Å². The van der Waals surface area contributed by atoms with Crippen molar-refractivity contribution < 1.29 is 0 Å². The minimum Gasteiger partial charge on any atom is -0.312 e. The minimum absolute atomic E-state index is 0.713. The van der Waals surface area contributed by atoms with E-state index in [-0.39, 0.29) is 0 Å². The van der Waals surface area contributed by atoms with E-state index < -0.39 is 0 Å². The molecular weight excluding hydrogens is 246 g/mol. The van der Waals surface area contributed by atoms with Crippen molar-refractivity contribution in [3.63, 3.8) is 0 Å². The molecule has 3 heteroatoms. The second-order valence-electron chi connectivity index (χ2n) is 7.27. The fourth-order valence-electron chi connectivity index (χ4n) is 4.35. The highest BCUT2D eigenvalue weighted by molar-refractivity contribution is 4.88. The van der Waals surface area contributed by atoms with Crippen LogP contribution in [0.25, 0.3) is 0 Å². The van der Waals surface area contributed by atoms with E-state index in [1.54, 1.807) is 0 Å². The van der Waals surface area contributed by atoms with Crippen LogP contribution in [0.15, 0.2) is 0 Å². The maximum atomic E-state index is 3.83. The second-order valence-corrected chi connectivity index (χ2v) is 7.27. The Morgan fingerprint density at radius 3 is 2.45 bits per heavy atom. The van der Waals surface area contributed by atoms with Crippen molar-refractivity contribution >= 4 is 0 Å². The normalized spacial score (nSPS) is 31.9. The van der Waals surface area contributed by atoms with Crippen LogP contribution in [-0.4, -0.2) is 60.6 Å². The minimum atomic E-state index is 0.713. The quantitative estimate of drug-likeness (QED) is 0.834. The van der Waals surface area contributed by atoms with Gasteiger partial charge in [-0.05, 0) is 52.1 Å². The van der Waals surface area contributed by atoms with E-state index in [0.29, 0.717) is 6.04 Å². The molecule has 0 radical (unpaired) electrons. The third-order valence-corrected chi connectivity index (χ3v) is 5.78. The van der Waals surface area contributed by atoms with Gasteiger partial charge in [-0.15, -0.1) is 0 Å². The molecule has 3 nitrogen and oxygen atoms in total. The predicted octanol–water partition coefficient (Wildman–Crippen LogP) is 2.47. The molecular formula is C17H33N3. The van der Waals surface area contributed by atoms with Crippen molar-refractivity contribution in [2.24, 2.45) is 0 Å². The third-order valence-electron chi connectivity index (χ3n) is 5.78. The molecule has 0 aromatic heterocycles. The van der Waals surface area contributed by atoms with Gasteiger partial charge in [0.25, 0.3) is 0 Å². The predicted molar refractivity (Wildman–Crippen MR) is 85.1 cm³/mol. The first-order chi connectivity index (χ1) is 9.83. The fraction of sp³-hybridized carbons (Fsp3) is 1.00. The Hall–Kier alpha value is -0.120. The number of hydrogen-bond donors (Lipinski definition) is 1. The van der Waals surface area contributed by atoms with Crippen molar-refractivity contribution in [3.05, 3.63) is 0 Å². The van der Waals surface area contributed by atoms with E-state index in [2.05, 4.69) is 22.0 Å². The third kappa shape index (κ3) is 3.75. The number of nitrogens with one attached hydrogen (secondary N) is 1. The average molecular weight is 279 g/mol. The molecule has 0 spiro atoms. The first kappa shape index (κ1) is 14.8. The topological polar surface area (TPSA) is 18.5 Å². The van der Waals surface area contributed by atoms with Crippen LogP contribution >= 0.6 is 0 Å². The zero-order valence-corrected chi connectivity index (χ0v) is 13.3. The summed E-state index contributed by atoms with van der Waals surface area (Å²) < 4.78 is 0. The first-order valence-corrected chi connectivity index (χ1v) is 9.04. The molecule has 3 aliphatic rings. The Kier molecular flexibility index (Phi) is 5.36. The maximum Gasteiger partial charge on any atom is 0.0235 e. The van der Waals surface area contributed by atoms with Gasteiger partial charge in [-0.1, -0.05) is 19.3 Å². The molecule has 3 fully saturated rings. The van der Waals surface area contributed by atoms with Gasteiger partial charge in [0.2, 0.25) is 0 Å². The SMILES string of the molecule is CC(CNC1CCCCC1)N1CCC(N2CCCC2)C1. The Balaban J connectivity index is 1.38. The van der Waals surface area contributed by atoms with E-state index in [4.69, 9.17) is 0 Å². The summed E-state index contributed by atoms with van der Waals surface area (Å²) in [5, 5.41) is 3.83. The fourth-order valence-corrected chi connectivity index (χ4v) is 4.35. The molecule has 2 unspecified atom stereocenters. The summed E-state index contributed by atoms with van der Waals surface area (Å²) in [4.78, 5) is 5.46. The van der Waals surface area contributed by atoms with Crippen molar-refractivity contribution in [1.82, 2.24) is 15.1 Å². The summed E-state index contributed by atoms with van der Waals surface area (Å²) in [5.41, 5.74) is 0. The summed E-state index contributed by atoms with van der Waals surface area (Å²) in [6.45, 7) is 8.95. The van der Waals surface area contributed by atoms with E-state index in [1.807, 2.05) is 0 Å². The zero-order chi connectivity index (χ0) is 13.8. The molecule has 1 N–H and O–H groups in total. The molecule has 1 aliphatic carbocycles. The molecule has 2 aliphatic heterocycles. The highest BCUT2D eigenvalue weighted by atomic mass is 15.3. The molecule has 116 valence electrons. The molecule has 1 saturated carbocycles. The zero-order valence-electron chi connectivity index (χ0n) is 13.3. The van der Waals surface area contributed by atoms with Gasteiger partial charge < -0.3 is 5.32 Å². The lowest BCUT2D eigenvalue weighted by Crippen LogP contribution is -2.44. The average Bonchev–Trinajstić information content (AvgIpc) is 3.16. The Labute approximate surface area is 125 Å². The summed E-state index contributed by atoms with van der Waals surface area (Å²) in [7, 11) is 0. The van der Waals surface area contributed by atoms with Crippen LogP contribution in [-0.2, 0) is 0 Å². The van der Waals surface area contributed by atoms with Gasteiger partial charge in [0.1, 0.15) is 0 Å². The van der Waals surface area contributed by atoms with Crippen LogP contribution in [0.1, 0.15) is 58.3 Å². The Morgan fingerprint density at radius 2 is 1.70 bits per heavy atom. The summed E-state index contributed by atoms with van der Waals surface area (Å²) in [6.07, 6.45) is 11.4. The number of hydrogen-bond acceptors (Lipinski definition) is 3. The van der Waals surface area contributed by atoms with Crippen LogP contribution in [0, 0.1) is 0 Å². The van der Waals surface area contributed by atoms with Crippen molar-refractivity contribution in [1.29, 1.82) is 0 Å². The Morgan fingerprint density at radius 1 is 0.950 bits per heavy atom. The van der Waals surface area contributed by atoms with E-state index in [0.717, 1.165) is 12.1 Å². The van der Waals surface area contributed by atoms with Crippen LogP contribution in [0.5, 0.6) is 0 Å². The monoisotopic (exact) mass is 279 g/mol. The van der Waals surface area contributed by atoms with Crippen molar-refractivity contribution in [2.75, 3.05) is 32.7 Å². The highest BCUT2D eigenvalue weighted by Gasteiger charge is 2.31. The largest absolute Gasteiger partial charge is 0.312 e. The number of nitrogens with zero attached hydrogens (tertiary/aromatic N) is 2. The summed E-state index contributed by atoms with van der Waals surface area (Å²) >= 11 is 0. The van der Waals surface area contributed by atoms with Gasteiger partial charge in [-0.25, -0.2) is 0 Å². The lowest BCUT2D eigenvalue weighted by atomic mass is 9.95. The smallest absolute Gasteiger partial charge is 0.0235 e. The van der Waals surface area contributed by atoms with E-state index in [9.17, 15) is 0 Å². The van der Waals surface area contributed by atoms with E-state index in [1.165, 1.54) is 84.1 Å². The summed E-state index contributed by atoms with van der Waals surface area (Å²) in [5.74, 6) is 0. The van der Waals surface area contributed by atoms with Gasteiger partial charge in [0, 0.05) is 37.8 Å². The molecule has 20 heavy (non-hydrogen) atoms. The first-order valence-electron chi connectivity index (χ1n) is 9.04. The molecule has 0 aromatic carbocycles. The van der Waals surface area contributed by atoms with Crippen LogP contribution in [0.4, 0.5) is 0 Å². The van der Waals surface area contributed by atoms with Crippen molar-refractivity contribution in [2.45, 2.75) is 76.4 Å².